The van der Waals surface area contributed by atoms with E-state index in [4.69, 9.17) is 4.74 Å². The quantitative estimate of drug-likeness (QED) is 0.787. The molecule has 1 aromatic heterocycles. The third kappa shape index (κ3) is 4.30. The highest BCUT2D eigenvalue weighted by Crippen LogP contribution is 2.34. The Hall–Kier alpha value is -1.89. The van der Waals surface area contributed by atoms with Gasteiger partial charge in [-0.2, -0.15) is 0 Å². The predicted octanol–water partition coefficient (Wildman–Crippen LogP) is 2.72. The highest BCUT2D eigenvalue weighted by Gasteiger charge is 2.26. The summed E-state index contributed by atoms with van der Waals surface area (Å²) in [5, 5.41) is 5.81. The van der Waals surface area contributed by atoms with Crippen LogP contribution >= 0.6 is 11.3 Å². The maximum atomic E-state index is 12.2. The number of esters is 1. The Kier molecular flexibility index (Phi) is 6.55. The van der Waals surface area contributed by atoms with Crippen LogP contribution in [0.15, 0.2) is 0 Å². The minimum absolute atomic E-state index is 0.0197. The molecular weight excluding hydrogens is 304 g/mol. The van der Waals surface area contributed by atoms with Crippen LogP contribution in [-0.4, -0.2) is 30.4 Å². The largest absolute Gasteiger partial charge is 0.462 e. The number of ether oxygens (including phenoxy) is 1. The average molecular weight is 326 g/mol. The van der Waals surface area contributed by atoms with Crippen molar-refractivity contribution < 1.29 is 19.1 Å². The minimum atomic E-state index is -0.536. The number of amides is 2. The predicted molar refractivity (Wildman–Crippen MR) is 86.5 cm³/mol. The fourth-order valence-corrected chi connectivity index (χ4v) is 2.92. The lowest BCUT2D eigenvalue weighted by atomic mass is 10.1. The molecule has 0 saturated heterocycles. The van der Waals surface area contributed by atoms with Gasteiger partial charge >= 0.3 is 5.97 Å². The molecule has 0 aromatic carbocycles. The molecule has 1 rings (SSSR count). The van der Waals surface area contributed by atoms with E-state index < -0.39 is 5.97 Å². The summed E-state index contributed by atoms with van der Waals surface area (Å²) in [7, 11) is 0. The van der Waals surface area contributed by atoms with Crippen molar-refractivity contribution in [2.45, 2.75) is 47.1 Å². The lowest BCUT2D eigenvalue weighted by molar-refractivity contribution is -0.115. The highest BCUT2D eigenvalue weighted by atomic mass is 32.1. The number of carbonyl (C=O) groups is 3. The van der Waals surface area contributed by atoms with Crippen molar-refractivity contribution in [3.05, 3.63) is 16.0 Å². The molecule has 1 aromatic rings. The van der Waals surface area contributed by atoms with Gasteiger partial charge in [0, 0.05) is 12.5 Å². The molecule has 0 saturated carbocycles. The number of anilines is 1. The van der Waals surface area contributed by atoms with E-state index in [1.54, 1.807) is 20.8 Å². The van der Waals surface area contributed by atoms with Crippen molar-refractivity contribution in [3.63, 3.8) is 0 Å². The molecule has 2 N–H and O–H groups in total. The van der Waals surface area contributed by atoms with Gasteiger partial charge in [-0.05, 0) is 33.3 Å². The SMILES string of the molecule is CCOC(=O)c1c(NC(=O)CC)sc(C(=O)NC(C)C)c1C. The Balaban J connectivity index is 3.26. The summed E-state index contributed by atoms with van der Waals surface area (Å²) in [5.41, 5.74) is 0.774. The molecule has 0 aliphatic heterocycles. The van der Waals surface area contributed by atoms with E-state index in [1.165, 1.54) is 0 Å². The third-order valence-electron chi connectivity index (χ3n) is 2.83. The first-order chi connectivity index (χ1) is 10.3. The fourth-order valence-electron chi connectivity index (χ4n) is 1.81. The van der Waals surface area contributed by atoms with Crippen molar-refractivity contribution in [2.24, 2.45) is 0 Å². The first-order valence-electron chi connectivity index (χ1n) is 7.22. The Labute approximate surface area is 134 Å². The lowest BCUT2D eigenvalue weighted by Gasteiger charge is -2.07. The minimum Gasteiger partial charge on any atom is -0.462 e. The van der Waals surface area contributed by atoms with Gasteiger partial charge in [0.1, 0.15) is 5.00 Å². The van der Waals surface area contributed by atoms with Crippen LogP contribution < -0.4 is 10.6 Å². The zero-order chi connectivity index (χ0) is 16.9. The van der Waals surface area contributed by atoms with Crippen LogP contribution in [0.4, 0.5) is 5.00 Å². The molecule has 0 aliphatic carbocycles. The molecule has 0 bridgehead atoms. The summed E-state index contributed by atoms with van der Waals surface area (Å²) >= 11 is 1.09. The summed E-state index contributed by atoms with van der Waals surface area (Å²) in [6, 6.07) is -0.0197. The van der Waals surface area contributed by atoms with E-state index in [-0.39, 0.29) is 36.4 Å². The monoisotopic (exact) mass is 326 g/mol. The molecule has 0 atom stereocenters. The van der Waals surface area contributed by atoms with Crippen molar-refractivity contribution in [1.29, 1.82) is 0 Å². The summed E-state index contributed by atoms with van der Waals surface area (Å²) < 4.78 is 5.02. The van der Waals surface area contributed by atoms with Crippen LogP contribution in [0.3, 0.4) is 0 Å². The first kappa shape index (κ1) is 18.2. The van der Waals surface area contributed by atoms with Crippen molar-refractivity contribution in [1.82, 2.24) is 5.32 Å². The van der Waals surface area contributed by atoms with Gasteiger partial charge in [0.25, 0.3) is 5.91 Å². The van der Waals surface area contributed by atoms with E-state index in [0.29, 0.717) is 15.4 Å². The van der Waals surface area contributed by atoms with Crippen LogP contribution in [-0.2, 0) is 9.53 Å². The van der Waals surface area contributed by atoms with Gasteiger partial charge in [0.2, 0.25) is 5.91 Å². The molecule has 0 radical (unpaired) electrons. The van der Waals surface area contributed by atoms with Gasteiger partial charge in [0.05, 0.1) is 17.0 Å². The van der Waals surface area contributed by atoms with E-state index in [0.717, 1.165) is 11.3 Å². The maximum Gasteiger partial charge on any atom is 0.341 e. The molecule has 0 aliphatic rings. The first-order valence-corrected chi connectivity index (χ1v) is 8.04. The molecule has 0 unspecified atom stereocenters. The normalized spacial score (nSPS) is 10.5. The van der Waals surface area contributed by atoms with Gasteiger partial charge in [-0.1, -0.05) is 6.92 Å². The van der Waals surface area contributed by atoms with E-state index >= 15 is 0 Å². The van der Waals surface area contributed by atoms with Gasteiger partial charge in [-0.25, -0.2) is 4.79 Å². The summed E-state index contributed by atoms with van der Waals surface area (Å²) in [5.74, 6) is -1.02. The van der Waals surface area contributed by atoms with E-state index in [1.807, 2.05) is 13.8 Å². The lowest BCUT2D eigenvalue weighted by Crippen LogP contribution is -2.29. The Morgan fingerprint density at radius 3 is 2.36 bits per heavy atom. The molecule has 22 heavy (non-hydrogen) atoms. The summed E-state index contributed by atoms with van der Waals surface area (Å²) in [6.45, 7) is 9.03. The molecule has 2 amide bonds. The zero-order valence-electron chi connectivity index (χ0n) is 13.5. The van der Waals surface area contributed by atoms with Crippen LogP contribution in [0.1, 0.15) is 59.7 Å². The number of hydrogen-bond donors (Lipinski definition) is 2. The number of rotatable bonds is 6. The molecule has 122 valence electrons. The van der Waals surface area contributed by atoms with Crippen molar-refractivity contribution in [3.8, 4) is 0 Å². The van der Waals surface area contributed by atoms with Crippen LogP contribution in [0.5, 0.6) is 0 Å². The van der Waals surface area contributed by atoms with Gasteiger partial charge in [-0.3, -0.25) is 9.59 Å². The zero-order valence-corrected chi connectivity index (χ0v) is 14.3. The second-order valence-electron chi connectivity index (χ2n) is 5.01. The highest BCUT2D eigenvalue weighted by molar-refractivity contribution is 7.18. The summed E-state index contributed by atoms with van der Waals surface area (Å²) in [4.78, 5) is 36.4. The maximum absolute atomic E-state index is 12.2. The second kappa shape index (κ2) is 7.93. The Bertz CT molecular complexity index is 578. The van der Waals surface area contributed by atoms with E-state index in [9.17, 15) is 14.4 Å². The number of hydrogen-bond acceptors (Lipinski definition) is 5. The van der Waals surface area contributed by atoms with Crippen LogP contribution in [0.25, 0.3) is 0 Å². The topological polar surface area (TPSA) is 84.5 Å². The second-order valence-corrected chi connectivity index (χ2v) is 6.03. The Morgan fingerprint density at radius 2 is 1.86 bits per heavy atom. The number of carbonyl (C=O) groups excluding carboxylic acids is 3. The average Bonchev–Trinajstić information content (AvgIpc) is 2.75. The van der Waals surface area contributed by atoms with Crippen LogP contribution in [0, 0.1) is 6.92 Å². The molecule has 1 heterocycles. The molecule has 0 fully saturated rings. The fraction of sp³-hybridized carbons (Fsp3) is 0.533. The summed E-state index contributed by atoms with van der Waals surface area (Å²) in [6.07, 6.45) is 0.284. The van der Waals surface area contributed by atoms with Gasteiger partial charge < -0.3 is 15.4 Å². The molecule has 6 nitrogen and oxygen atoms in total. The molecule has 7 heteroatoms. The molecular formula is C15H22N2O4S. The van der Waals surface area contributed by atoms with Gasteiger partial charge in [0.15, 0.2) is 0 Å². The molecule has 0 spiro atoms. The standard InChI is InChI=1S/C15H22N2O4S/c1-6-10(18)17-14-11(15(20)21-7-2)9(5)12(22-14)13(19)16-8(3)4/h8H,6-7H2,1-5H3,(H,16,19)(H,17,18). The van der Waals surface area contributed by atoms with E-state index in [2.05, 4.69) is 10.6 Å². The van der Waals surface area contributed by atoms with Crippen molar-refractivity contribution >= 4 is 34.1 Å². The smallest absolute Gasteiger partial charge is 0.341 e. The van der Waals surface area contributed by atoms with Crippen molar-refractivity contribution in [2.75, 3.05) is 11.9 Å². The third-order valence-corrected chi connectivity index (χ3v) is 4.03. The number of thiophene rings is 1. The van der Waals surface area contributed by atoms with Crippen LogP contribution in [0.2, 0.25) is 0 Å². The number of nitrogens with one attached hydrogen (secondary N) is 2. The van der Waals surface area contributed by atoms with Gasteiger partial charge in [-0.15, -0.1) is 11.3 Å². The Morgan fingerprint density at radius 1 is 1.23 bits per heavy atom.